The molecule has 1 heterocycles. The largest absolute Gasteiger partial charge is 0.569 e. The summed E-state index contributed by atoms with van der Waals surface area (Å²) in [6.07, 6.45) is -7.60. The molecule has 1 amide bonds. The van der Waals surface area contributed by atoms with E-state index in [-0.39, 0.29) is 21.2 Å². The SMILES string of the molecule is Cc1ccc(-c2cc(C(F)(F)F)nn2-c2ccc(S(=O)(=O)NC(=O)CN([N+]([O-])=NOC(C)OC(=O)OC(C)C)C(C)(C)C)cc2)cc1. The van der Waals surface area contributed by atoms with E-state index in [1.807, 2.05) is 11.6 Å². The molecule has 0 aliphatic carbocycles. The van der Waals surface area contributed by atoms with E-state index in [1.165, 1.54) is 39.8 Å². The van der Waals surface area contributed by atoms with Crippen LogP contribution in [0.5, 0.6) is 0 Å². The maximum absolute atomic E-state index is 13.5. The van der Waals surface area contributed by atoms with Gasteiger partial charge in [-0.3, -0.25) is 9.63 Å². The summed E-state index contributed by atoms with van der Waals surface area (Å²) >= 11 is 0. The number of ether oxygens (including phenoxy) is 2. The van der Waals surface area contributed by atoms with Crippen molar-refractivity contribution in [1.29, 1.82) is 0 Å². The second-order valence-corrected chi connectivity index (χ2v) is 13.2. The lowest BCUT2D eigenvalue weighted by atomic mass is 10.1. The van der Waals surface area contributed by atoms with Crippen LogP contribution in [0.4, 0.5) is 18.0 Å². The third-order valence-corrected chi connectivity index (χ3v) is 7.51. The molecule has 14 nitrogen and oxygen atoms in total. The standard InChI is InChI=1S/C29H35F3N6O8S/c1-18(2)44-27(40)45-20(4)46-35-38(41)36(28(5,6)7)17-26(39)34-47(42,43)23-14-12-22(13-15-23)37-24(16-25(33-37)29(30,31)32)21-10-8-19(3)9-11-21/h8-16,18,20H,17H2,1-7H3,(H,34,39). The molecule has 1 N–H and O–H groups in total. The summed E-state index contributed by atoms with van der Waals surface area (Å²) in [5.41, 5.74) is -0.622. The second-order valence-electron chi connectivity index (χ2n) is 11.5. The third kappa shape index (κ3) is 10.1. The van der Waals surface area contributed by atoms with Gasteiger partial charge in [0.1, 0.15) is 0 Å². The first-order valence-corrected chi connectivity index (χ1v) is 15.5. The van der Waals surface area contributed by atoms with Crippen LogP contribution in [0, 0.1) is 12.1 Å². The number of halogens is 3. The molecular weight excluding hydrogens is 649 g/mol. The molecule has 0 radical (unpaired) electrons. The zero-order chi connectivity index (χ0) is 35.3. The number of alkyl halides is 3. The summed E-state index contributed by atoms with van der Waals surface area (Å²) in [5.74, 6) is -1.12. The Labute approximate surface area is 269 Å². The fraction of sp³-hybridized carbons (Fsp3) is 0.414. The summed E-state index contributed by atoms with van der Waals surface area (Å²) in [5, 5.41) is 20.5. The molecule has 1 atom stereocenters. The fourth-order valence-electron chi connectivity index (χ4n) is 3.87. The lowest BCUT2D eigenvalue weighted by Crippen LogP contribution is -2.51. The summed E-state index contributed by atoms with van der Waals surface area (Å²) in [6.45, 7) is 10.1. The van der Waals surface area contributed by atoms with Gasteiger partial charge in [-0.05, 0) is 71.9 Å². The van der Waals surface area contributed by atoms with Crippen LogP contribution in [-0.4, -0.2) is 64.7 Å². The number of nitrogens with zero attached hydrogens (tertiary/aromatic N) is 5. The molecule has 0 bridgehead atoms. The van der Waals surface area contributed by atoms with Crippen LogP contribution in [-0.2, 0) is 35.3 Å². The molecule has 0 saturated carbocycles. The van der Waals surface area contributed by atoms with Gasteiger partial charge < -0.3 is 14.7 Å². The number of aryl methyl sites for hydroxylation is 1. The summed E-state index contributed by atoms with van der Waals surface area (Å²) in [6, 6.07) is 12.3. The first-order valence-electron chi connectivity index (χ1n) is 14.1. The van der Waals surface area contributed by atoms with E-state index >= 15 is 0 Å². The lowest BCUT2D eigenvalue weighted by Gasteiger charge is -2.29. The minimum Gasteiger partial charge on any atom is -0.569 e. The van der Waals surface area contributed by atoms with E-state index in [4.69, 9.17) is 14.3 Å². The molecule has 0 spiro atoms. The monoisotopic (exact) mass is 684 g/mol. The highest BCUT2D eigenvalue weighted by Gasteiger charge is 2.36. The molecule has 0 saturated heterocycles. The van der Waals surface area contributed by atoms with Crippen molar-refractivity contribution in [3.8, 4) is 16.9 Å². The van der Waals surface area contributed by atoms with Gasteiger partial charge in [0, 0.05) is 12.5 Å². The van der Waals surface area contributed by atoms with Crippen LogP contribution >= 0.6 is 0 Å². The smallest absolute Gasteiger partial charge is 0.511 e. The van der Waals surface area contributed by atoms with Crippen molar-refractivity contribution in [2.45, 2.75) is 77.5 Å². The Morgan fingerprint density at radius 1 is 1.04 bits per heavy atom. The van der Waals surface area contributed by atoms with E-state index in [1.54, 1.807) is 38.1 Å². The Hall–Kier alpha value is -4.87. The zero-order valence-corrected chi connectivity index (χ0v) is 27.4. The van der Waals surface area contributed by atoms with Crippen molar-refractivity contribution in [2.75, 3.05) is 6.54 Å². The average molecular weight is 685 g/mol. The summed E-state index contributed by atoms with van der Waals surface area (Å²) in [4.78, 5) is 28.8. The molecule has 1 aromatic heterocycles. The summed E-state index contributed by atoms with van der Waals surface area (Å²) < 4.78 is 79.1. The van der Waals surface area contributed by atoms with Gasteiger partial charge in [-0.25, -0.2) is 22.6 Å². The van der Waals surface area contributed by atoms with Crippen LogP contribution in [0.3, 0.4) is 0 Å². The normalized spacial score (nSPS) is 13.2. The van der Waals surface area contributed by atoms with Gasteiger partial charge in [-0.15, -0.1) is 5.01 Å². The van der Waals surface area contributed by atoms with E-state index in [0.717, 1.165) is 33.5 Å². The van der Waals surface area contributed by atoms with Crippen molar-refractivity contribution in [3.63, 3.8) is 0 Å². The first-order chi connectivity index (χ1) is 21.7. The first kappa shape index (κ1) is 36.6. The number of sulfonamides is 1. The highest BCUT2D eigenvalue weighted by molar-refractivity contribution is 7.90. The lowest BCUT2D eigenvalue weighted by molar-refractivity contribution is -0.724. The van der Waals surface area contributed by atoms with Crippen LogP contribution in [0.25, 0.3) is 16.9 Å². The molecule has 1 unspecified atom stereocenters. The topological polar surface area (TPSA) is 167 Å². The third-order valence-electron chi connectivity index (χ3n) is 6.12. The van der Waals surface area contributed by atoms with Crippen molar-refractivity contribution in [1.82, 2.24) is 19.5 Å². The number of benzene rings is 2. The molecule has 3 rings (SSSR count). The van der Waals surface area contributed by atoms with Gasteiger partial charge in [-0.1, -0.05) is 29.8 Å². The number of hydrogen-bond donors (Lipinski definition) is 1. The average Bonchev–Trinajstić information content (AvgIpc) is 3.40. The summed E-state index contributed by atoms with van der Waals surface area (Å²) in [7, 11) is -4.50. The Bertz CT molecular complexity index is 1700. The maximum atomic E-state index is 13.5. The Kier molecular flexibility index (Phi) is 11.1. The van der Waals surface area contributed by atoms with Crippen LogP contribution in [0.2, 0.25) is 0 Å². The number of nitrogens with one attached hydrogen (secondary N) is 1. The van der Waals surface area contributed by atoms with Crippen LogP contribution < -0.4 is 4.72 Å². The molecule has 3 aromatic rings. The maximum Gasteiger partial charge on any atom is 0.511 e. The number of amides is 1. The molecule has 0 fully saturated rings. The molecule has 256 valence electrons. The Balaban J connectivity index is 1.78. The zero-order valence-electron chi connectivity index (χ0n) is 26.6. The van der Waals surface area contributed by atoms with E-state index < -0.39 is 58.4 Å². The van der Waals surface area contributed by atoms with Crippen LogP contribution in [0.1, 0.15) is 52.8 Å². The highest BCUT2D eigenvalue weighted by Crippen LogP contribution is 2.33. The molecule has 18 heteroatoms. The molecule has 2 aromatic carbocycles. The molecule has 0 aliphatic rings. The number of hydrogen-bond acceptors (Lipinski definition) is 10. The van der Waals surface area contributed by atoms with Gasteiger partial charge in [0.15, 0.2) is 12.2 Å². The van der Waals surface area contributed by atoms with Crippen molar-refractivity contribution < 1.29 is 50.5 Å². The minimum absolute atomic E-state index is 0.0977. The van der Waals surface area contributed by atoms with Gasteiger partial charge in [0.25, 0.3) is 22.2 Å². The number of carbonyl (C=O) groups is 2. The number of rotatable bonds is 11. The van der Waals surface area contributed by atoms with Gasteiger partial charge in [0.05, 0.1) is 32.9 Å². The minimum atomic E-state index is -4.73. The number of carbonyl (C=O) groups excluding carboxylic acids is 2. The van der Waals surface area contributed by atoms with Gasteiger partial charge >= 0.3 is 12.3 Å². The van der Waals surface area contributed by atoms with E-state index in [9.17, 15) is 36.4 Å². The Morgan fingerprint density at radius 3 is 2.17 bits per heavy atom. The van der Waals surface area contributed by atoms with E-state index in [0.29, 0.717) is 5.56 Å². The van der Waals surface area contributed by atoms with Crippen LogP contribution in [0.15, 0.2) is 64.8 Å². The predicted molar refractivity (Wildman–Crippen MR) is 160 cm³/mol. The highest BCUT2D eigenvalue weighted by atomic mass is 32.2. The van der Waals surface area contributed by atoms with Crippen molar-refractivity contribution in [2.24, 2.45) is 5.28 Å². The number of aromatic nitrogens is 2. The molecular formula is C29H35F3N6O8S. The molecule has 0 aliphatic heterocycles. The number of hydrazine groups is 1. The predicted octanol–water partition coefficient (Wildman–Crippen LogP) is 5.49. The van der Waals surface area contributed by atoms with Gasteiger partial charge in [0.2, 0.25) is 5.28 Å². The fourth-order valence-corrected chi connectivity index (χ4v) is 4.85. The van der Waals surface area contributed by atoms with Gasteiger partial charge in [-0.2, -0.15) is 18.3 Å². The van der Waals surface area contributed by atoms with E-state index in [2.05, 4.69) is 10.4 Å². The quantitative estimate of drug-likeness (QED) is 0.0897. The molecule has 47 heavy (non-hydrogen) atoms. The Morgan fingerprint density at radius 2 is 1.64 bits per heavy atom. The van der Waals surface area contributed by atoms with Crippen molar-refractivity contribution >= 4 is 22.1 Å². The van der Waals surface area contributed by atoms with Crippen molar-refractivity contribution in [3.05, 3.63) is 71.1 Å². The second kappa shape index (κ2) is 14.3.